The summed E-state index contributed by atoms with van der Waals surface area (Å²) in [5, 5.41) is 0. The fourth-order valence-corrected chi connectivity index (χ4v) is 5.18. The fourth-order valence-electron chi connectivity index (χ4n) is 5.18. The maximum atomic E-state index is 13.7. The Morgan fingerprint density at radius 2 is 1.83 bits per heavy atom. The Morgan fingerprint density at radius 1 is 1.12 bits per heavy atom. The number of aromatic nitrogens is 1. The highest BCUT2D eigenvalue weighted by atomic mass is 19.4. The highest BCUT2D eigenvalue weighted by Gasteiger charge is 2.58. The van der Waals surface area contributed by atoms with Crippen molar-refractivity contribution in [2.24, 2.45) is 5.73 Å². The molecule has 9 nitrogen and oxygen atoms in total. The molecule has 2 aliphatic rings. The highest BCUT2D eigenvalue weighted by Crippen LogP contribution is 2.46. The molecule has 13 heteroatoms. The van der Waals surface area contributed by atoms with Gasteiger partial charge in [-0.1, -0.05) is 24.3 Å². The van der Waals surface area contributed by atoms with Crippen LogP contribution in [0.25, 0.3) is 11.3 Å². The summed E-state index contributed by atoms with van der Waals surface area (Å²) < 4.78 is 59.8. The third-order valence-electron chi connectivity index (χ3n) is 7.52. The normalized spacial score (nSPS) is 18.6. The lowest BCUT2D eigenvalue weighted by atomic mass is 9.93. The molecule has 0 saturated carbocycles. The van der Waals surface area contributed by atoms with Crippen molar-refractivity contribution in [1.29, 1.82) is 0 Å². The van der Waals surface area contributed by atoms with E-state index in [1.807, 2.05) is 0 Å². The molecule has 1 fully saturated rings. The van der Waals surface area contributed by atoms with Gasteiger partial charge in [-0.3, -0.25) is 19.4 Å². The molecule has 3 aromatic rings. The van der Waals surface area contributed by atoms with Crippen LogP contribution in [0, 0.1) is 5.82 Å². The number of nitrogens with zero attached hydrogens (tertiary/aromatic N) is 3. The molecule has 0 radical (unpaired) electrons. The second-order valence-corrected chi connectivity index (χ2v) is 10.1. The molecule has 42 heavy (non-hydrogen) atoms. The lowest BCUT2D eigenvalue weighted by Gasteiger charge is -2.31. The summed E-state index contributed by atoms with van der Waals surface area (Å²) in [5.41, 5.74) is 6.23. The Balaban J connectivity index is 1.39. The molecule has 1 aliphatic heterocycles. The van der Waals surface area contributed by atoms with Gasteiger partial charge < -0.3 is 15.4 Å². The highest BCUT2D eigenvalue weighted by molar-refractivity contribution is 6.06. The average molecular weight is 585 g/mol. The van der Waals surface area contributed by atoms with Gasteiger partial charge in [0, 0.05) is 35.9 Å². The van der Waals surface area contributed by atoms with E-state index in [4.69, 9.17) is 10.5 Å². The van der Waals surface area contributed by atoms with E-state index in [1.165, 1.54) is 30.5 Å². The zero-order chi connectivity index (χ0) is 30.4. The zero-order valence-electron chi connectivity index (χ0n) is 22.2. The number of hydrogen-bond donors (Lipinski definition) is 1. The molecular weight excluding hydrogens is 560 g/mol. The van der Waals surface area contributed by atoms with Gasteiger partial charge in [0.25, 0.3) is 5.91 Å². The first kappa shape index (κ1) is 28.7. The first-order chi connectivity index (χ1) is 19.8. The number of carbonyl (C=O) groups is 4. The predicted molar refractivity (Wildman–Crippen MR) is 139 cm³/mol. The second kappa shape index (κ2) is 10.5. The van der Waals surface area contributed by atoms with Crippen molar-refractivity contribution in [3.05, 3.63) is 88.9 Å². The number of benzene rings is 2. The average Bonchev–Trinajstić information content (AvgIpc) is 3.43. The zero-order valence-corrected chi connectivity index (χ0v) is 22.2. The van der Waals surface area contributed by atoms with E-state index in [9.17, 15) is 36.7 Å². The Labute approximate surface area is 236 Å². The molecule has 4 amide bonds. The summed E-state index contributed by atoms with van der Waals surface area (Å²) in [6.45, 7) is -0.720. The van der Waals surface area contributed by atoms with Crippen LogP contribution in [0.15, 0.2) is 60.8 Å². The van der Waals surface area contributed by atoms with Crippen LogP contribution in [0.1, 0.15) is 40.4 Å². The van der Waals surface area contributed by atoms with Gasteiger partial charge >= 0.3 is 12.3 Å². The molecule has 2 aromatic carbocycles. The van der Waals surface area contributed by atoms with Gasteiger partial charge in [0.2, 0.25) is 17.4 Å². The van der Waals surface area contributed by atoms with Gasteiger partial charge in [0.1, 0.15) is 18.4 Å². The molecule has 0 bridgehead atoms. The number of fused-ring (bicyclic) bond motifs is 2. The number of halogens is 4. The summed E-state index contributed by atoms with van der Waals surface area (Å²) in [6.07, 6.45) is -4.14. The minimum atomic E-state index is -4.81. The minimum Gasteiger partial charge on any atom is -0.427 e. The van der Waals surface area contributed by atoms with Gasteiger partial charge in [-0.25, -0.2) is 14.1 Å². The molecular formula is C29H24F4N4O5. The molecule has 1 aliphatic carbocycles. The molecule has 2 N–H and O–H groups in total. The number of ether oxygens (including phenoxy) is 1. The fraction of sp³-hybridized carbons (Fsp3) is 0.276. The first-order valence-electron chi connectivity index (χ1n) is 12.9. The van der Waals surface area contributed by atoms with Crippen LogP contribution < -0.4 is 5.73 Å². The Kier molecular flexibility index (Phi) is 7.21. The van der Waals surface area contributed by atoms with E-state index < -0.39 is 60.5 Å². The van der Waals surface area contributed by atoms with Crippen LogP contribution in [0.5, 0.6) is 0 Å². The van der Waals surface area contributed by atoms with Crippen LogP contribution in [-0.2, 0) is 32.9 Å². The van der Waals surface area contributed by atoms with Gasteiger partial charge in [0.05, 0.1) is 5.69 Å². The van der Waals surface area contributed by atoms with Gasteiger partial charge in [-0.15, -0.1) is 0 Å². The number of rotatable bonds is 7. The van der Waals surface area contributed by atoms with Crippen molar-refractivity contribution < 1.29 is 41.5 Å². The number of imide groups is 1. The minimum absolute atomic E-state index is 0.0635. The van der Waals surface area contributed by atoms with Crippen LogP contribution in [0.2, 0.25) is 0 Å². The summed E-state index contributed by atoms with van der Waals surface area (Å²) in [5.74, 6) is -3.23. The van der Waals surface area contributed by atoms with Crippen molar-refractivity contribution in [2.45, 2.75) is 44.1 Å². The predicted octanol–water partition coefficient (Wildman–Crippen LogP) is 4.09. The Morgan fingerprint density at radius 3 is 2.50 bits per heavy atom. The standard InChI is InChI=1S/C29H24F4N4O5/c1-16(29(31,32)33)36(14-17-2-5-21(30)6-3-17)24(38)15-37-26(40)28(42-27(37)41)10-8-18-12-19(4-7-22(18)28)23-13-20(25(34)39)9-11-35-23/h2-7,9,11-13,16H,8,10,14-15H2,1H3,(H2,34,39)/t16?,28-/m1/s1. The summed E-state index contributed by atoms with van der Waals surface area (Å²) in [4.78, 5) is 56.4. The lowest BCUT2D eigenvalue weighted by molar-refractivity contribution is -0.187. The Hall–Kier alpha value is -4.81. The molecule has 2 atom stereocenters. The van der Waals surface area contributed by atoms with E-state index in [-0.39, 0.29) is 17.5 Å². The summed E-state index contributed by atoms with van der Waals surface area (Å²) in [6, 6.07) is 10.3. The molecule has 218 valence electrons. The quantitative estimate of drug-likeness (QED) is 0.418. The molecule has 1 saturated heterocycles. The number of amides is 4. The van der Waals surface area contributed by atoms with Crippen molar-refractivity contribution >= 4 is 23.8 Å². The van der Waals surface area contributed by atoms with Crippen LogP contribution in [0.3, 0.4) is 0 Å². The number of nitrogens with two attached hydrogens (primary N) is 1. The number of hydrogen-bond acceptors (Lipinski definition) is 6. The topological polar surface area (TPSA) is 123 Å². The summed E-state index contributed by atoms with van der Waals surface area (Å²) >= 11 is 0. The third-order valence-corrected chi connectivity index (χ3v) is 7.52. The first-order valence-corrected chi connectivity index (χ1v) is 12.9. The van der Waals surface area contributed by atoms with E-state index in [0.717, 1.165) is 19.1 Å². The molecule has 1 aromatic heterocycles. The number of pyridine rings is 1. The van der Waals surface area contributed by atoms with E-state index in [2.05, 4.69) is 4.98 Å². The van der Waals surface area contributed by atoms with Gasteiger partial charge in [0.15, 0.2) is 0 Å². The van der Waals surface area contributed by atoms with Crippen LogP contribution in [-0.4, -0.2) is 57.4 Å². The van der Waals surface area contributed by atoms with Crippen molar-refractivity contribution in [1.82, 2.24) is 14.8 Å². The number of alkyl halides is 3. The number of aryl methyl sites for hydroxylation is 1. The van der Waals surface area contributed by atoms with Crippen LogP contribution >= 0.6 is 0 Å². The molecule has 1 spiro atoms. The lowest BCUT2D eigenvalue weighted by Crippen LogP contribution is -2.51. The summed E-state index contributed by atoms with van der Waals surface area (Å²) in [7, 11) is 0. The van der Waals surface area contributed by atoms with E-state index in [1.54, 1.807) is 18.2 Å². The van der Waals surface area contributed by atoms with Crippen molar-refractivity contribution in [2.75, 3.05) is 6.54 Å². The second-order valence-electron chi connectivity index (χ2n) is 10.1. The molecule has 2 heterocycles. The van der Waals surface area contributed by atoms with Gasteiger partial charge in [-0.05, 0) is 54.8 Å². The maximum Gasteiger partial charge on any atom is 0.418 e. The van der Waals surface area contributed by atoms with Crippen molar-refractivity contribution in [3.8, 4) is 11.3 Å². The van der Waals surface area contributed by atoms with E-state index >= 15 is 0 Å². The molecule has 1 unspecified atom stereocenters. The SMILES string of the molecule is CC(N(Cc1ccc(F)cc1)C(=O)CN1C(=O)O[C@@]2(CCc3cc(-c4cc(C(N)=O)ccn4)ccc32)C1=O)C(F)(F)F. The van der Waals surface area contributed by atoms with Crippen molar-refractivity contribution in [3.63, 3.8) is 0 Å². The number of primary amides is 1. The van der Waals surface area contributed by atoms with E-state index in [0.29, 0.717) is 38.6 Å². The molecule has 5 rings (SSSR count). The largest absolute Gasteiger partial charge is 0.427 e. The maximum absolute atomic E-state index is 13.7. The number of carbonyl (C=O) groups excluding carboxylic acids is 4. The monoisotopic (exact) mass is 584 g/mol. The third kappa shape index (κ3) is 5.17. The smallest absolute Gasteiger partial charge is 0.418 e. The van der Waals surface area contributed by atoms with Crippen LogP contribution in [0.4, 0.5) is 22.4 Å². The van der Waals surface area contributed by atoms with Gasteiger partial charge in [-0.2, -0.15) is 13.2 Å². The Bertz CT molecular complexity index is 1590.